The van der Waals surface area contributed by atoms with Crippen molar-refractivity contribution < 1.29 is 21.7 Å². The maximum absolute atomic E-state index is 11.3. The predicted octanol–water partition coefficient (Wildman–Crippen LogP) is 0.813. The molecule has 0 bridgehead atoms. The first kappa shape index (κ1) is 14.8. The summed E-state index contributed by atoms with van der Waals surface area (Å²) in [5.41, 5.74) is 0. The second-order valence-electron chi connectivity index (χ2n) is 2.91. The van der Waals surface area contributed by atoms with Crippen LogP contribution in [0.1, 0.15) is 6.92 Å². The molecular weight excluding hydrogens is 236 g/mol. The van der Waals surface area contributed by atoms with Gasteiger partial charge in [-0.1, -0.05) is 13.0 Å². The van der Waals surface area contributed by atoms with E-state index in [2.05, 4.69) is 6.58 Å². The van der Waals surface area contributed by atoms with E-state index >= 15 is 0 Å². The van der Waals surface area contributed by atoms with E-state index in [0.717, 1.165) is 0 Å². The van der Waals surface area contributed by atoms with Crippen molar-refractivity contribution in [1.29, 1.82) is 0 Å². The highest BCUT2D eigenvalue weighted by Gasteiger charge is 2.38. The van der Waals surface area contributed by atoms with Gasteiger partial charge in [0.05, 0.1) is 5.75 Å². The molecule has 0 saturated heterocycles. The third kappa shape index (κ3) is 4.89. The average molecular weight is 254 g/mol. The number of hydrogen-bond acceptors (Lipinski definition) is 5. The van der Waals surface area contributed by atoms with Crippen LogP contribution in [0.5, 0.6) is 0 Å². The minimum absolute atomic E-state index is 0.103. The molecule has 0 rings (SSSR count). The Morgan fingerprint density at radius 1 is 1.33 bits per heavy atom. The molecule has 0 heterocycles. The van der Waals surface area contributed by atoms with Gasteiger partial charge in [-0.05, 0) is 0 Å². The van der Waals surface area contributed by atoms with Gasteiger partial charge in [-0.25, -0.2) is 8.42 Å². The lowest BCUT2D eigenvalue weighted by atomic mass is 10.8. The van der Waals surface area contributed by atoms with Gasteiger partial charge in [-0.2, -0.15) is 0 Å². The standard InChI is InChI=1S/C8H18O5SSi/c1-5-7-14(9,10)8-13-15(6-2,11-3)12-4/h5H,1,6-8H2,2-4H3. The van der Waals surface area contributed by atoms with Crippen molar-refractivity contribution in [2.24, 2.45) is 0 Å². The first-order chi connectivity index (χ1) is 6.95. The van der Waals surface area contributed by atoms with E-state index in [9.17, 15) is 8.42 Å². The molecule has 7 heteroatoms. The fourth-order valence-electron chi connectivity index (χ4n) is 0.999. The number of rotatable bonds is 8. The van der Waals surface area contributed by atoms with Gasteiger partial charge in [0.15, 0.2) is 9.84 Å². The fraction of sp³-hybridized carbons (Fsp3) is 0.750. The first-order valence-corrected chi connectivity index (χ1v) is 8.26. The molecule has 0 unspecified atom stereocenters. The summed E-state index contributed by atoms with van der Waals surface area (Å²) in [5, 5.41) is 0. The van der Waals surface area contributed by atoms with Crippen LogP contribution >= 0.6 is 0 Å². The highest BCUT2D eigenvalue weighted by atomic mass is 32.2. The molecule has 0 aromatic rings. The van der Waals surface area contributed by atoms with E-state index in [1.165, 1.54) is 20.3 Å². The fourth-order valence-corrected chi connectivity index (χ4v) is 4.07. The van der Waals surface area contributed by atoms with Gasteiger partial charge in [0.25, 0.3) is 0 Å². The van der Waals surface area contributed by atoms with Crippen LogP contribution in [-0.4, -0.2) is 43.1 Å². The van der Waals surface area contributed by atoms with Gasteiger partial charge < -0.3 is 13.3 Å². The minimum Gasteiger partial charge on any atom is -0.377 e. The summed E-state index contributed by atoms with van der Waals surface area (Å²) < 4.78 is 38.2. The van der Waals surface area contributed by atoms with E-state index in [4.69, 9.17) is 13.3 Å². The Balaban J connectivity index is 4.40. The molecule has 15 heavy (non-hydrogen) atoms. The largest absolute Gasteiger partial charge is 0.500 e. The number of sulfone groups is 1. The Hall–Kier alpha value is -0.213. The molecule has 0 aromatic heterocycles. The van der Waals surface area contributed by atoms with Crippen LogP contribution in [0.25, 0.3) is 0 Å². The van der Waals surface area contributed by atoms with E-state index in [1.807, 2.05) is 6.92 Å². The van der Waals surface area contributed by atoms with Crippen LogP contribution < -0.4 is 0 Å². The average Bonchev–Trinajstić information content (AvgIpc) is 2.21. The lowest BCUT2D eigenvalue weighted by molar-refractivity contribution is 0.117. The van der Waals surface area contributed by atoms with Gasteiger partial charge in [-0.15, -0.1) is 6.58 Å². The van der Waals surface area contributed by atoms with Crippen LogP contribution in [0.3, 0.4) is 0 Å². The van der Waals surface area contributed by atoms with Crippen molar-refractivity contribution in [2.45, 2.75) is 13.0 Å². The van der Waals surface area contributed by atoms with Gasteiger partial charge >= 0.3 is 8.80 Å². The lowest BCUT2D eigenvalue weighted by Gasteiger charge is -2.24. The Labute approximate surface area is 92.3 Å². The van der Waals surface area contributed by atoms with Crippen LogP contribution in [0, 0.1) is 0 Å². The second kappa shape index (κ2) is 6.39. The van der Waals surface area contributed by atoms with E-state index < -0.39 is 18.6 Å². The summed E-state index contributed by atoms with van der Waals surface area (Å²) in [4.78, 5) is 0. The van der Waals surface area contributed by atoms with Crippen LogP contribution in [-0.2, 0) is 23.1 Å². The topological polar surface area (TPSA) is 61.8 Å². The van der Waals surface area contributed by atoms with E-state index in [0.29, 0.717) is 6.04 Å². The minimum atomic E-state index is -3.26. The Morgan fingerprint density at radius 2 is 1.87 bits per heavy atom. The zero-order valence-corrected chi connectivity index (χ0v) is 11.2. The van der Waals surface area contributed by atoms with Gasteiger partial charge in [0, 0.05) is 20.3 Å². The molecule has 0 aliphatic rings. The van der Waals surface area contributed by atoms with Gasteiger partial charge in [0.2, 0.25) is 0 Å². The zero-order valence-electron chi connectivity index (χ0n) is 9.36. The highest BCUT2D eigenvalue weighted by molar-refractivity contribution is 7.91. The molecule has 0 atom stereocenters. The normalized spacial score (nSPS) is 12.7. The third-order valence-electron chi connectivity index (χ3n) is 1.89. The summed E-state index contributed by atoms with van der Waals surface area (Å²) in [7, 11) is -3.11. The summed E-state index contributed by atoms with van der Waals surface area (Å²) >= 11 is 0. The van der Waals surface area contributed by atoms with Crippen molar-refractivity contribution >= 4 is 18.6 Å². The van der Waals surface area contributed by atoms with Crippen molar-refractivity contribution in [3.8, 4) is 0 Å². The van der Waals surface area contributed by atoms with Gasteiger partial charge in [-0.3, -0.25) is 0 Å². The molecule has 0 amide bonds. The van der Waals surface area contributed by atoms with Crippen LogP contribution in [0.4, 0.5) is 0 Å². The van der Waals surface area contributed by atoms with Crippen LogP contribution in [0.2, 0.25) is 6.04 Å². The third-order valence-corrected chi connectivity index (χ3v) is 6.01. The highest BCUT2D eigenvalue weighted by Crippen LogP contribution is 2.13. The molecular formula is C8H18O5SSi. The SMILES string of the molecule is C=CCS(=O)(=O)CO[Si](CC)(OC)OC. The number of hydrogen-bond donors (Lipinski definition) is 0. The molecule has 0 spiro atoms. The Bertz CT molecular complexity index is 275. The van der Waals surface area contributed by atoms with E-state index in [-0.39, 0.29) is 11.7 Å². The summed E-state index contributed by atoms with van der Waals surface area (Å²) in [6.07, 6.45) is 1.33. The molecule has 0 aliphatic heterocycles. The lowest BCUT2D eigenvalue weighted by Crippen LogP contribution is -2.44. The van der Waals surface area contributed by atoms with Crippen molar-refractivity contribution in [3.05, 3.63) is 12.7 Å². The smallest absolute Gasteiger partial charge is 0.377 e. The monoisotopic (exact) mass is 254 g/mol. The molecule has 0 N–H and O–H groups in total. The Kier molecular flexibility index (Phi) is 6.30. The molecule has 5 nitrogen and oxygen atoms in total. The molecule has 0 fully saturated rings. The Morgan fingerprint density at radius 3 is 2.20 bits per heavy atom. The molecule has 0 saturated carbocycles. The van der Waals surface area contributed by atoms with Crippen molar-refractivity contribution in [2.75, 3.05) is 25.9 Å². The zero-order chi connectivity index (χ0) is 11.9. The van der Waals surface area contributed by atoms with Gasteiger partial charge in [0.1, 0.15) is 5.94 Å². The predicted molar refractivity (Wildman–Crippen MR) is 60.2 cm³/mol. The first-order valence-electron chi connectivity index (χ1n) is 4.51. The molecule has 90 valence electrons. The molecule has 0 aromatic carbocycles. The quantitative estimate of drug-likeness (QED) is 0.474. The van der Waals surface area contributed by atoms with Crippen molar-refractivity contribution in [1.82, 2.24) is 0 Å². The molecule has 0 radical (unpaired) electrons. The van der Waals surface area contributed by atoms with E-state index in [1.54, 1.807) is 0 Å². The maximum atomic E-state index is 11.3. The summed E-state index contributed by atoms with van der Waals surface area (Å²) in [5.74, 6) is -0.491. The van der Waals surface area contributed by atoms with Crippen molar-refractivity contribution in [3.63, 3.8) is 0 Å². The maximum Gasteiger partial charge on any atom is 0.500 e. The second-order valence-corrected chi connectivity index (χ2v) is 8.14. The van der Waals surface area contributed by atoms with Crippen LogP contribution in [0.15, 0.2) is 12.7 Å². The summed E-state index contributed by atoms with van der Waals surface area (Å²) in [6.45, 7) is 5.20. The molecule has 0 aliphatic carbocycles. The summed E-state index contributed by atoms with van der Waals surface area (Å²) in [6, 6.07) is 0.531.